The Hall–Kier alpha value is -2.32. The van der Waals surface area contributed by atoms with Gasteiger partial charge in [-0.3, -0.25) is 4.79 Å². The monoisotopic (exact) mass is 479 g/mol. The van der Waals surface area contributed by atoms with Crippen molar-refractivity contribution in [2.75, 3.05) is 35.8 Å². The van der Waals surface area contributed by atoms with Gasteiger partial charge >= 0.3 is 18.1 Å². The molecule has 0 aliphatic carbocycles. The number of aliphatic hydroxyl groups is 1. The van der Waals surface area contributed by atoms with Gasteiger partial charge in [0.1, 0.15) is 30.1 Å². The van der Waals surface area contributed by atoms with Crippen LogP contribution < -0.4 is 16.0 Å². The topological polar surface area (TPSA) is 140 Å². The number of hydrogen-bond acceptors (Lipinski definition) is 10. The number of thioether (sulfide) groups is 1. The number of carbonyl (C=O) groups excluding carboxylic acids is 2. The molecule has 1 amide bonds. The molecule has 14 heteroatoms. The number of hydrogen-bond donors (Lipinski definition) is 3. The molecule has 3 rings (SSSR count). The minimum atomic E-state index is -5.09. The predicted octanol–water partition coefficient (Wildman–Crippen LogP) is 0.241. The number of nitrogens with one attached hydrogen (secondary N) is 1. The second kappa shape index (κ2) is 10.1. The molecular weight excluding hydrogens is 455 g/mol. The molecule has 2 aliphatic rings. The number of ether oxygens (including phenoxy) is 2. The molecule has 4 atom stereocenters. The predicted molar refractivity (Wildman–Crippen MR) is 109 cm³/mol. The Morgan fingerprint density at radius 3 is 2.91 bits per heavy atom. The maximum absolute atomic E-state index is 12.5. The van der Waals surface area contributed by atoms with Crippen LogP contribution in [-0.4, -0.2) is 82.8 Å². The largest absolute Gasteiger partial charge is 0.471 e. The number of nitrogen functional groups attached to an aromatic ring is 1. The number of carbonyl (C=O) groups is 2. The molecular formula is C18H24F3N5O5S. The fourth-order valence-corrected chi connectivity index (χ4v) is 4.70. The van der Waals surface area contributed by atoms with Gasteiger partial charge in [0.25, 0.3) is 0 Å². The summed E-state index contributed by atoms with van der Waals surface area (Å²) < 4.78 is 47.8. The van der Waals surface area contributed by atoms with E-state index in [9.17, 15) is 27.9 Å². The van der Waals surface area contributed by atoms with E-state index in [1.807, 2.05) is 4.90 Å². The molecule has 1 fully saturated rings. The molecule has 10 nitrogen and oxygen atoms in total. The van der Waals surface area contributed by atoms with Gasteiger partial charge in [0.2, 0.25) is 0 Å². The molecule has 1 aromatic heterocycles. The van der Waals surface area contributed by atoms with Crippen molar-refractivity contribution in [1.82, 2.24) is 15.3 Å². The maximum Gasteiger partial charge on any atom is 0.471 e. The molecule has 178 valence electrons. The zero-order valence-corrected chi connectivity index (χ0v) is 18.0. The lowest BCUT2D eigenvalue weighted by Crippen LogP contribution is -2.47. The van der Waals surface area contributed by atoms with Crippen LogP contribution in [0.5, 0.6) is 0 Å². The highest BCUT2D eigenvalue weighted by molar-refractivity contribution is 7.99. The molecule has 0 saturated carbocycles. The fraction of sp³-hybridized carbons (Fsp3) is 0.667. The number of fused-ring (bicyclic) bond motifs is 1. The second-order valence-electron chi connectivity index (χ2n) is 7.37. The Balaban J connectivity index is 1.48. The number of methoxy groups -OCH3 is 1. The first-order valence-electron chi connectivity index (χ1n) is 9.84. The highest BCUT2D eigenvalue weighted by atomic mass is 32.2. The van der Waals surface area contributed by atoms with E-state index in [2.05, 4.69) is 14.7 Å². The van der Waals surface area contributed by atoms with Crippen LogP contribution in [0.25, 0.3) is 0 Å². The Bertz CT molecular complexity index is 846. The summed E-state index contributed by atoms with van der Waals surface area (Å²) in [6.07, 6.45) is -4.41. The summed E-state index contributed by atoms with van der Waals surface area (Å²) >= 11 is 1.34. The van der Waals surface area contributed by atoms with Gasteiger partial charge in [-0.05, 0) is 18.6 Å². The van der Waals surface area contributed by atoms with Gasteiger partial charge in [0.15, 0.2) is 6.23 Å². The third kappa shape index (κ3) is 5.53. The number of halogens is 3. The number of aliphatic hydroxyl groups excluding tert-OH is 1. The normalized spacial score (nSPS) is 23.7. The van der Waals surface area contributed by atoms with Crippen LogP contribution in [0.15, 0.2) is 6.33 Å². The van der Waals surface area contributed by atoms with Crippen LogP contribution in [0.3, 0.4) is 0 Å². The Morgan fingerprint density at radius 2 is 2.22 bits per heavy atom. The Kier molecular flexibility index (Phi) is 7.67. The van der Waals surface area contributed by atoms with E-state index in [0.29, 0.717) is 36.8 Å². The average Bonchev–Trinajstić information content (AvgIpc) is 3.32. The van der Waals surface area contributed by atoms with Gasteiger partial charge in [0.05, 0.1) is 13.2 Å². The standard InChI is InChI=1S/C18H24F3N5O5S/c1-30-16(28)11(25-17(29)18(19,20)21)3-5-32-7-9-6-12(27)15(31-9)26-4-2-10-13(22)23-8-24-14(10)26/h8-9,11-12,15,27H,2-7H2,1H3,(H,25,29)(H2,22,23,24)/t9-,11-,12+,15+/m0/s1. The highest BCUT2D eigenvalue weighted by Gasteiger charge is 2.42. The lowest BCUT2D eigenvalue weighted by Gasteiger charge is -2.27. The molecule has 2 aliphatic heterocycles. The number of nitrogens with zero attached hydrogens (tertiary/aromatic N) is 3. The Labute approximate surface area is 186 Å². The number of nitrogens with two attached hydrogens (primary N) is 1. The minimum Gasteiger partial charge on any atom is -0.467 e. The molecule has 4 N–H and O–H groups in total. The first kappa shape index (κ1) is 24.3. The summed E-state index contributed by atoms with van der Waals surface area (Å²) in [7, 11) is 1.03. The van der Waals surface area contributed by atoms with E-state index < -0.39 is 36.4 Å². The van der Waals surface area contributed by atoms with Gasteiger partial charge in [-0.15, -0.1) is 0 Å². The van der Waals surface area contributed by atoms with Crippen molar-refractivity contribution in [3.63, 3.8) is 0 Å². The summed E-state index contributed by atoms with van der Waals surface area (Å²) in [5.41, 5.74) is 6.70. The van der Waals surface area contributed by atoms with Crippen LogP contribution >= 0.6 is 11.8 Å². The van der Waals surface area contributed by atoms with E-state index in [1.54, 1.807) is 5.32 Å². The fourth-order valence-electron chi connectivity index (χ4n) is 3.65. The van der Waals surface area contributed by atoms with E-state index in [4.69, 9.17) is 10.5 Å². The van der Waals surface area contributed by atoms with Crippen LogP contribution in [0.4, 0.5) is 24.8 Å². The van der Waals surface area contributed by atoms with Crippen molar-refractivity contribution in [3.8, 4) is 0 Å². The molecule has 0 aromatic carbocycles. The molecule has 0 radical (unpaired) electrons. The van der Waals surface area contributed by atoms with Crippen LogP contribution in [-0.2, 0) is 25.5 Å². The molecule has 3 heterocycles. The smallest absolute Gasteiger partial charge is 0.467 e. The average molecular weight is 479 g/mol. The quantitative estimate of drug-likeness (QED) is 0.351. The number of rotatable bonds is 8. The summed E-state index contributed by atoms with van der Waals surface area (Å²) in [6, 6.07) is -1.41. The van der Waals surface area contributed by atoms with Gasteiger partial charge in [-0.25, -0.2) is 14.8 Å². The second-order valence-corrected chi connectivity index (χ2v) is 8.52. The number of aromatic nitrogens is 2. The minimum absolute atomic E-state index is 0.0481. The Morgan fingerprint density at radius 1 is 1.47 bits per heavy atom. The van der Waals surface area contributed by atoms with Crippen molar-refractivity contribution in [3.05, 3.63) is 11.9 Å². The molecule has 1 aromatic rings. The zero-order chi connectivity index (χ0) is 23.5. The summed E-state index contributed by atoms with van der Waals surface area (Å²) in [4.78, 5) is 32.9. The highest BCUT2D eigenvalue weighted by Crippen LogP contribution is 2.35. The number of alkyl halides is 3. The first-order valence-corrected chi connectivity index (χ1v) is 11.0. The maximum atomic E-state index is 12.5. The summed E-state index contributed by atoms with van der Waals surface area (Å²) in [6.45, 7) is 0.583. The molecule has 0 unspecified atom stereocenters. The lowest BCUT2D eigenvalue weighted by molar-refractivity contribution is -0.175. The van der Waals surface area contributed by atoms with Gasteiger partial charge in [-0.2, -0.15) is 24.9 Å². The number of anilines is 2. The third-order valence-corrected chi connectivity index (χ3v) is 6.34. The number of esters is 1. The van der Waals surface area contributed by atoms with E-state index in [-0.39, 0.29) is 18.3 Å². The molecule has 0 spiro atoms. The third-order valence-electron chi connectivity index (χ3n) is 5.21. The van der Waals surface area contributed by atoms with E-state index in [0.717, 1.165) is 12.7 Å². The summed E-state index contributed by atoms with van der Waals surface area (Å²) in [5, 5.41) is 12.1. The van der Waals surface area contributed by atoms with Crippen molar-refractivity contribution < 1.29 is 37.3 Å². The van der Waals surface area contributed by atoms with Crippen molar-refractivity contribution in [1.29, 1.82) is 0 Å². The van der Waals surface area contributed by atoms with E-state index >= 15 is 0 Å². The van der Waals surface area contributed by atoms with Crippen LogP contribution in [0.1, 0.15) is 18.4 Å². The van der Waals surface area contributed by atoms with Crippen molar-refractivity contribution in [2.24, 2.45) is 0 Å². The SMILES string of the molecule is COC(=O)[C@H](CCSC[C@@H]1C[C@@H](O)[C@H](N2CCc3c(N)ncnc32)O1)NC(=O)C(F)(F)F. The van der Waals surface area contributed by atoms with Crippen molar-refractivity contribution in [2.45, 2.75) is 49.9 Å². The lowest BCUT2D eigenvalue weighted by atomic mass is 10.2. The first-order chi connectivity index (χ1) is 15.1. The van der Waals surface area contributed by atoms with Crippen molar-refractivity contribution >= 4 is 35.3 Å². The van der Waals surface area contributed by atoms with E-state index in [1.165, 1.54) is 18.1 Å². The van der Waals surface area contributed by atoms with Gasteiger partial charge in [-0.1, -0.05) is 0 Å². The zero-order valence-electron chi connectivity index (χ0n) is 17.2. The van der Waals surface area contributed by atoms with Crippen LogP contribution in [0.2, 0.25) is 0 Å². The molecule has 0 bridgehead atoms. The van der Waals surface area contributed by atoms with Crippen LogP contribution in [0, 0.1) is 0 Å². The van der Waals surface area contributed by atoms with Gasteiger partial charge < -0.3 is 30.5 Å². The molecule has 32 heavy (non-hydrogen) atoms. The van der Waals surface area contributed by atoms with Gasteiger partial charge in [0, 0.05) is 24.3 Å². The number of amides is 1. The molecule has 1 saturated heterocycles. The summed E-state index contributed by atoms with van der Waals surface area (Å²) in [5.74, 6) is -1.40.